The van der Waals surface area contributed by atoms with Crippen LogP contribution in [0.3, 0.4) is 0 Å². The maximum atomic E-state index is 13.5. The molecule has 1 rings (SSSR count). The highest BCUT2D eigenvalue weighted by Gasteiger charge is 2.10. The number of carbonyl (C=O) groups is 1. The summed E-state index contributed by atoms with van der Waals surface area (Å²) in [5.74, 6) is -0.450. The molecular weight excluding hydrogens is 265 g/mol. The van der Waals surface area contributed by atoms with E-state index in [2.05, 4.69) is 10.6 Å². The smallest absolute Gasteiger partial charge is 0.272 e. The molecule has 0 aliphatic heterocycles. The zero-order chi connectivity index (χ0) is 15.1. The van der Waals surface area contributed by atoms with Gasteiger partial charge in [-0.15, -0.1) is 0 Å². The van der Waals surface area contributed by atoms with Crippen LogP contribution in [-0.4, -0.2) is 23.9 Å². The van der Waals surface area contributed by atoms with E-state index in [4.69, 9.17) is 0 Å². The first-order chi connectivity index (χ1) is 9.40. The molecule has 2 N–H and O–H groups in total. The Kier molecular flexibility index (Phi) is 5.89. The lowest BCUT2D eigenvalue weighted by atomic mass is 10.2. The van der Waals surface area contributed by atoms with Gasteiger partial charge in [0.25, 0.3) is 5.69 Å². The number of amides is 1. The van der Waals surface area contributed by atoms with E-state index in [1.54, 1.807) is 0 Å². The topological polar surface area (TPSA) is 84.3 Å². The summed E-state index contributed by atoms with van der Waals surface area (Å²) in [7, 11) is 0. The van der Waals surface area contributed by atoms with Gasteiger partial charge in [-0.3, -0.25) is 14.9 Å². The zero-order valence-electron chi connectivity index (χ0n) is 11.5. The van der Waals surface area contributed by atoms with E-state index in [9.17, 15) is 19.3 Å². The van der Waals surface area contributed by atoms with Crippen LogP contribution in [0.25, 0.3) is 0 Å². The van der Waals surface area contributed by atoms with Crippen molar-refractivity contribution < 1.29 is 14.1 Å². The van der Waals surface area contributed by atoms with Crippen LogP contribution in [0.5, 0.6) is 0 Å². The summed E-state index contributed by atoms with van der Waals surface area (Å²) >= 11 is 0. The number of benzene rings is 1. The molecule has 0 heterocycles. The predicted molar refractivity (Wildman–Crippen MR) is 74.0 cm³/mol. The number of carbonyl (C=O) groups excluding carboxylic acids is 1. The number of nitrogens with zero attached hydrogens (tertiary/aromatic N) is 1. The molecule has 0 saturated heterocycles. The Labute approximate surface area is 116 Å². The average Bonchev–Trinajstić information content (AvgIpc) is 2.38. The van der Waals surface area contributed by atoms with E-state index in [0.29, 0.717) is 12.5 Å². The Morgan fingerprint density at radius 2 is 2.15 bits per heavy atom. The lowest BCUT2D eigenvalue weighted by molar-refractivity contribution is -0.385. The predicted octanol–water partition coefficient (Wildman–Crippen LogP) is 2.31. The summed E-state index contributed by atoms with van der Waals surface area (Å²) in [5, 5.41) is 15.9. The van der Waals surface area contributed by atoms with E-state index < -0.39 is 10.7 Å². The van der Waals surface area contributed by atoms with Crippen LogP contribution in [0.1, 0.15) is 20.3 Å². The molecule has 20 heavy (non-hydrogen) atoms. The molecule has 0 fully saturated rings. The summed E-state index contributed by atoms with van der Waals surface area (Å²) < 4.78 is 13.5. The largest absolute Gasteiger partial charge is 0.382 e. The molecule has 0 bridgehead atoms. The van der Waals surface area contributed by atoms with Crippen molar-refractivity contribution in [1.29, 1.82) is 0 Å². The van der Waals surface area contributed by atoms with Crippen molar-refractivity contribution in [3.05, 3.63) is 34.1 Å². The summed E-state index contributed by atoms with van der Waals surface area (Å²) in [6.45, 7) is 4.85. The number of anilines is 1. The fourth-order valence-electron chi connectivity index (χ4n) is 1.48. The minimum atomic E-state index is -0.707. The Balaban J connectivity index is 2.42. The third kappa shape index (κ3) is 5.21. The van der Waals surface area contributed by atoms with Gasteiger partial charge in [0.2, 0.25) is 5.91 Å². The monoisotopic (exact) mass is 283 g/mol. The zero-order valence-corrected chi connectivity index (χ0v) is 11.5. The van der Waals surface area contributed by atoms with Crippen molar-refractivity contribution >= 4 is 17.3 Å². The van der Waals surface area contributed by atoms with E-state index in [-0.39, 0.29) is 30.2 Å². The van der Waals surface area contributed by atoms with Crippen LogP contribution in [-0.2, 0) is 4.79 Å². The van der Waals surface area contributed by atoms with Crippen LogP contribution in [0, 0.1) is 21.8 Å². The summed E-state index contributed by atoms with van der Waals surface area (Å²) in [5.41, 5.74) is -0.157. The van der Waals surface area contributed by atoms with Crippen molar-refractivity contribution in [1.82, 2.24) is 5.32 Å². The fraction of sp³-hybridized carbons (Fsp3) is 0.462. The number of halogens is 1. The lowest BCUT2D eigenvalue weighted by Gasteiger charge is -2.09. The first-order valence-corrected chi connectivity index (χ1v) is 6.34. The molecule has 0 aliphatic carbocycles. The number of rotatable bonds is 7. The molecule has 110 valence electrons. The van der Waals surface area contributed by atoms with E-state index >= 15 is 0 Å². The van der Waals surface area contributed by atoms with Gasteiger partial charge >= 0.3 is 0 Å². The number of nitro benzene ring substituents is 1. The van der Waals surface area contributed by atoms with Crippen LogP contribution in [0.15, 0.2) is 18.2 Å². The van der Waals surface area contributed by atoms with Crippen LogP contribution in [0.2, 0.25) is 0 Å². The average molecular weight is 283 g/mol. The number of hydrogen-bond acceptors (Lipinski definition) is 4. The maximum Gasteiger partial charge on any atom is 0.272 e. The molecule has 0 aromatic heterocycles. The minimum absolute atomic E-state index is 0.117. The Bertz CT molecular complexity index is 492. The van der Waals surface area contributed by atoms with Crippen molar-refractivity contribution in [3.8, 4) is 0 Å². The molecule has 1 aromatic carbocycles. The molecule has 1 aromatic rings. The molecular formula is C13H18FN3O3. The molecule has 1 amide bonds. The fourth-order valence-corrected chi connectivity index (χ4v) is 1.48. The van der Waals surface area contributed by atoms with E-state index in [0.717, 1.165) is 6.07 Å². The van der Waals surface area contributed by atoms with Crippen molar-refractivity contribution in [2.24, 2.45) is 5.92 Å². The van der Waals surface area contributed by atoms with Gasteiger partial charge in [0, 0.05) is 25.6 Å². The third-order valence-corrected chi connectivity index (χ3v) is 2.54. The molecule has 0 atom stereocenters. The Morgan fingerprint density at radius 3 is 2.70 bits per heavy atom. The number of non-ortho nitro benzene ring substituents is 1. The van der Waals surface area contributed by atoms with Gasteiger partial charge in [0.05, 0.1) is 16.7 Å². The maximum absolute atomic E-state index is 13.5. The molecule has 0 unspecified atom stereocenters. The third-order valence-electron chi connectivity index (χ3n) is 2.54. The SMILES string of the molecule is CC(C)CNC(=O)CCNc1ccc([N+](=O)[O-])cc1F. The van der Waals surface area contributed by atoms with Crippen molar-refractivity contribution in [3.63, 3.8) is 0 Å². The Hall–Kier alpha value is -2.18. The molecule has 0 radical (unpaired) electrons. The van der Waals surface area contributed by atoms with Crippen LogP contribution in [0.4, 0.5) is 15.8 Å². The first-order valence-electron chi connectivity index (χ1n) is 6.34. The van der Waals surface area contributed by atoms with E-state index in [1.165, 1.54) is 12.1 Å². The summed E-state index contributed by atoms with van der Waals surface area (Å²) in [6.07, 6.45) is 0.211. The van der Waals surface area contributed by atoms with Gasteiger partial charge in [0.1, 0.15) is 0 Å². The molecule has 0 aliphatic rings. The summed E-state index contributed by atoms with van der Waals surface area (Å²) in [4.78, 5) is 21.2. The van der Waals surface area contributed by atoms with Gasteiger partial charge in [-0.25, -0.2) is 4.39 Å². The lowest BCUT2D eigenvalue weighted by Crippen LogP contribution is -2.28. The molecule has 0 spiro atoms. The summed E-state index contributed by atoms with van der Waals surface area (Å²) in [6, 6.07) is 3.35. The highest BCUT2D eigenvalue weighted by atomic mass is 19.1. The number of nitro groups is 1. The number of hydrogen-bond donors (Lipinski definition) is 2. The van der Waals surface area contributed by atoms with Gasteiger partial charge in [-0.2, -0.15) is 0 Å². The van der Waals surface area contributed by atoms with Gasteiger partial charge in [-0.1, -0.05) is 13.8 Å². The minimum Gasteiger partial charge on any atom is -0.382 e. The number of nitrogens with one attached hydrogen (secondary N) is 2. The van der Waals surface area contributed by atoms with Crippen LogP contribution >= 0.6 is 0 Å². The van der Waals surface area contributed by atoms with Gasteiger partial charge < -0.3 is 10.6 Å². The standard InChI is InChI=1S/C13H18FN3O3/c1-9(2)8-16-13(18)5-6-15-12-4-3-10(17(19)20)7-11(12)14/h3-4,7,9,15H,5-6,8H2,1-2H3,(H,16,18). The highest BCUT2D eigenvalue weighted by molar-refractivity contribution is 5.76. The normalized spacial score (nSPS) is 10.4. The Morgan fingerprint density at radius 1 is 1.45 bits per heavy atom. The second-order valence-electron chi connectivity index (χ2n) is 4.80. The van der Waals surface area contributed by atoms with Gasteiger partial charge in [-0.05, 0) is 12.0 Å². The van der Waals surface area contributed by atoms with Crippen LogP contribution < -0.4 is 10.6 Å². The quantitative estimate of drug-likeness (QED) is 0.594. The first kappa shape index (κ1) is 15.9. The van der Waals surface area contributed by atoms with Crippen molar-refractivity contribution in [2.75, 3.05) is 18.4 Å². The second kappa shape index (κ2) is 7.42. The van der Waals surface area contributed by atoms with E-state index in [1.807, 2.05) is 13.8 Å². The second-order valence-corrected chi connectivity index (χ2v) is 4.80. The molecule has 7 heteroatoms. The van der Waals surface area contributed by atoms with Crippen molar-refractivity contribution in [2.45, 2.75) is 20.3 Å². The molecule has 6 nitrogen and oxygen atoms in total. The molecule has 0 saturated carbocycles. The highest BCUT2D eigenvalue weighted by Crippen LogP contribution is 2.20. The van der Waals surface area contributed by atoms with Gasteiger partial charge in [0.15, 0.2) is 5.82 Å².